The second kappa shape index (κ2) is 4.93. The molecule has 15 heavy (non-hydrogen) atoms. The first-order valence-corrected chi connectivity index (χ1v) is 5.11. The Morgan fingerprint density at radius 2 is 2.20 bits per heavy atom. The highest BCUT2D eigenvalue weighted by molar-refractivity contribution is 5.30. The molecule has 3 N–H and O–H groups in total. The van der Waals surface area contributed by atoms with Crippen molar-refractivity contribution in [1.29, 1.82) is 0 Å². The van der Waals surface area contributed by atoms with Gasteiger partial charge in [-0.1, -0.05) is 13.8 Å². The second-order valence-corrected chi connectivity index (χ2v) is 3.55. The highest BCUT2D eigenvalue weighted by Crippen LogP contribution is 2.14. The summed E-state index contributed by atoms with van der Waals surface area (Å²) in [4.78, 5) is 17.6. The van der Waals surface area contributed by atoms with Gasteiger partial charge >= 0.3 is 0 Å². The Kier molecular flexibility index (Phi) is 3.85. The summed E-state index contributed by atoms with van der Waals surface area (Å²) in [5.74, 6) is 0.248. The lowest BCUT2D eigenvalue weighted by atomic mass is 9.98. The smallest absolute Gasteiger partial charge is 0.290 e. The third-order valence-electron chi connectivity index (χ3n) is 2.61. The summed E-state index contributed by atoms with van der Waals surface area (Å²) < 4.78 is 0. The van der Waals surface area contributed by atoms with Crippen molar-refractivity contribution in [3.63, 3.8) is 0 Å². The average Bonchev–Trinajstić information content (AvgIpc) is 2.28. The molecule has 0 radical (unpaired) electrons. The van der Waals surface area contributed by atoms with Crippen molar-refractivity contribution in [3.8, 4) is 0 Å². The van der Waals surface area contributed by atoms with Crippen LogP contribution in [0.15, 0.2) is 17.2 Å². The molecule has 0 saturated carbocycles. The monoisotopic (exact) mass is 211 g/mol. The Balaban J connectivity index is 2.65. The van der Waals surface area contributed by atoms with Gasteiger partial charge in [-0.3, -0.25) is 4.79 Å². The molecule has 1 aromatic heterocycles. The van der Waals surface area contributed by atoms with E-state index in [2.05, 4.69) is 15.3 Å². The molecule has 0 aliphatic carbocycles. The van der Waals surface area contributed by atoms with E-state index >= 15 is 0 Å². The van der Waals surface area contributed by atoms with E-state index in [0.29, 0.717) is 19.4 Å². The number of aromatic amines is 1. The van der Waals surface area contributed by atoms with Gasteiger partial charge in [-0.15, -0.1) is 0 Å². The van der Waals surface area contributed by atoms with E-state index in [1.165, 1.54) is 12.4 Å². The molecule has 5 heteroatoms. The minimum absolute atomic E-state index is 0.248. The van der Waals surface area contributed by atoms with Crippen molar-refractivity contribution in [2.24, 2.45) is 0 Å². The zero-order chi connectivity index (χ0) is 11.3. The quantitative estimate of drug-likeness (QED) is 0.671. The SMILES string of the molecule is CCC(O)(CC)CNc1ncc[nH]c1=O. The molecule has 0 unspecified atom stereocenters. The summed E-state index contributed by atoms with van der Waals surface area (Å²) in [7, 11) is 0. The number of rotatable bonds is 5. The standard InChI is InChI=1S/C10H17N3O2/c1-3-10(15,4-2)7-13-8-9(14)12-6-5-11-8/h5-6,15H,3-4,7H2,1-2H3,(H,11,13)(H,12,14). The molecule has 84 valence electrons. The lowest BCUT2D eigenvalue weighted by Crippen LogP contribution is -2.36. The summed E-state index contributed by atoms with van der Waals surface area (Å²) >= 11 is 0. The molecule has 0 atom stereocenters. The van der Waals surface area contributed by atoms with Crippen LogP contribution in [0.4, 0.5) is 5.82 Å². The summed E-state index contributed by atoms with van der Waals surface area (Å²) in [5.41, 5.74) is -1.05. The molecule has 0 aliphatic heterocycles. The molecule has 1 rings (SSSR count). The van der Waals surface area contributed by atoms with Crippen molar-refractivity contribution in [3.05, 3.63) is 22.7 Å². The van der Waals surface area contributed by atoms with Gasteiger partial charge in [0.15, 0.2) is 5.82 Å². The minimum Gasteiger partial charge on any atom is -0.388 e. The van der Waals surface area contributed by atoms with Crippen LogP contribution in [0.3, 0.4) is 0 Å². The highest BCUT2D eigenvalue weighted by Gasteiger charge is 2.22. The number of H-pyrrole nitrogens is 1. The topological polar surface area (TPSA) is 78.0 Å². The number of anilines is 1. The molecular weight excluding hydrogens is 194 g/mol. The Morgan fingerprint density at radius 1 is 1.53 bits per heavy atom. The summed E-state index contributed by atoms with van der Waals surface area (Å²) in [6, 6.07) is 0. The normalized spacial score (nSPS) is 11.4. The van der Waals surface area contributed by atoms with E-state index < -0.39 is 5.60 Å². The molecule has 1 heterocycles. The number of aromatic nitrogens is 2. The van der Waals surface area contributed by atoms with E-state index in [0.717, 1.165) is 0 Å². The molecule has 0 aromatic carbocycles. The van der Waals surface area contributed by atoms with Crippen LogP contribution in [0.2, 0.25) is 0 Å². The fourth-order valence-electron chi connectivity index (χ4n) is 1.23. The van der Waals surface area contributed by atoms with E-state index in [9.17, 15) is 9.90 Å². The molecule has 0 saturated heterocycles. The molecule has 1 aromatic rings. The Bertz CT molecular complexity index is 358. The highest BCUT2D eigenvalue weighted by atomic mass is 16.3. The van der Waals surface area contributed by atoms with E-state index in [1.807, 2.05) is 13.8 Å². The summed E-state index contributed by atoms with van der Waals surface area (Å²) in [6.45, 7) is 4.15. The van der Waals surface area contributed by atoms with Crippen molar-refractivity contribution in [1.82, 2.24) is 9.97 Å². The first-order chi connectivity index (χ1) is 7.11. The maximum absolute atomic E-state index is 11.3. The second-order valence-electron chi connectivity index (χ2n) is 3.55. The molecular formula is C10H17N3O2. The Hall–Kier alpha value is -1.36. The average molecular weight is 211 g/mol. The predicted octanol–water partition coefficient (Wildman–Crippen LogP) is 0.733. The van der Waals surface area contributed by atoms with Gasteiger partial charge in [-0.2, -0.15) is 0 Å². The fourth-order valence-corrected chi connectivity index (χ4v) is 1.23. The lowest BCUT2D eigenvalue weighted by Gasteiger charge is -2.25. The van der Waals surface area contributed by atoms with Crippen LogP contribution in [0, 0.1) is 0 Å². The van der Waals surface area contributed by atoms with Crippen LogP contribution in [0.25, 0.3) is 0 Å². The number of hydrogen-bond donors (Lipinski definition) is 3. The van der Waals surface area contributed by atoms with Crippen molar-refractivity contribution < 1.29 is 5.11 Å². The van der Waals surface area contributed by atoms with Gasteiger partial charge < -0.3 is 15.4 Å². The summed E-state index contributed by atoms with van der Waals surface area (Å²) in [6.07, 6.45) is 4.25. The predicted molar refractivity (Wildman–Crippen MR) is 58.9 cm³/mol. The van der Waals surface area contributed by atoms with E-state index in [1.54, 1.807) is 0 Å². The van der Waals surface area contributed by atoms with E-state index in [4.69, 9.17) is 0 Å². The number of hydrogen-bond acceptors (Lipinski definition) is 4. The number of nitrogens with one attached hydrogen (secondary N) is 2. The maximum atomic E-state index is 11.3. The van der Waals surface area contributed by atoms with Crippen molar-refractivity contribution >= 4 is 5.82 Å². The van der Waals surface area contributed by atoms with Gasteiger partial charge in [-0.05, 0) is 12.8 Å². The van der Waals surface area contributed by atoms with Gasteiger partial charge in [0.05, 0.1) is 5.60 Å². The van der Waals surface area contributed by atoms with Crippen LogP contribution in [0.1, 0.15) is 26.7 Å². The van der Waals surface area contributed by atoms with Gasteiger partial charge in [0, 0.05) is 18.9 Å². The molecule has 0 bridgehead atoms. The number of aliphatic hydroxyl groups is 1. The van der Waals surface area contributed by atoms with Gasteiger partial charge in [-0.25, -0.2) is 4.98 Å². The molecule has 0 aliphatic rings. The minimum atomic E-state index is -0.774. The van der Waals surface area contributed by atoms with Gasteiger partial charge in [0.2, 0.25) is 0 Å². The molecule has 0 fully saturated rings. The third kappa shape index (κ3) is 3.06. The maximum Gasteiger partial charge on any atom is 0.290 e. The van der Waals surface area contributed by atoms with Gasteiger partial charge in [0.1, 0.15) is 0 Å². The fraction of sp³-hybridized carbons (Fsp3) is 0.600. The van der Waals surface area contributed by atoms with Crippen molar-refractivity contribution in [2.45, 2.75) is 32.3 Å². The Morgan fingerprint density at radius 3 is 2.73 bits per heavy atom. The third-order valence-corrected chi connectivity index (χ3v) is 2.61. The van der Waals surface area contributed by atoms with Crippen LogP contribution < -0.4 is 10.9 Å². The lowest BCUT2D eigenvalue weighted by molar-refractivity contribution is 0.0456. The van der Waals surface area contributed by atoms with Crippen LogP contribution in [-0.4, -0.2) is 27.2 Å². The first kappa shape index (κ1) is 11.7. The zero-order valence-corrected chi connectivity index (χ0v) is 9.08. The largest absolute Gasteiger partial charge is 0.388 e. The van der Waals surface area contributed by atoms with Crippen LogP contribution in [0.5, 0.6) is 0 Å². The van der Waals surface area contributed by atoms with Crippen LogP contribution in [-0.2, 0) is 0 Å². The zero-order valence-electron chi connectivity index (χ0n) is 9.08. The molecule has 5 nitrogen and oxygen atoms in total. The molecule has 0 amide bonds. The van der Waals surface area contributed by atoms with Gasteiger partial charge in [0.25, 0.3) is 5.56 Å². The van der Waals surface area contributed by atoms with Crippen LogP contribution >= 0.6 is 0 Å². The van der Waals surface area contributed by atoms with Crippen molar-refractivity contribution in [2.75, 3.05) is 11.9 Å². The number of nitrogens with zero attached hydrogens (tertiary/aromatic N) is 1. The van der Waals surface area contributed by atoms with E-state index in [-0.39, 0.29) is 11.4 Å². The Labute approximate surface area is 88.6 Å². The first-order valence-electron chi connectivity index (χ1n) is 5.11. The molecule has 0 spiro atoms. The summed E-state index contributed by atoms with van der Waals surface area (Å²) in [5, 5.41) is 12.8.